The first kappa shape index (κ1) is 15.9. The normalized spacial score (nSPS) is 10.7. The van der Waals surface area contributed by atoms with E-state index >= 15 is 0 Å². The second-order valence-electron chi connectivity index (χ2n) is 4.17. The van der Waals surface area contributed by atoms with Gasteiger partial charge in [-0.2, -0.15) is 5.10 Å². The molecule has 0 saturated carbocycles. The van der Waals surface area contributed by atoms with Gasteiger partial charge >= 0.3 is 0 Å². The topological polar surface area (TPSA) is 50.7 Å². The van der Waals surface area contributed by atoms with E-state index in [0.29, 0.717) is 10.8 Å². The highest BCUT2D eigenvalue weighted by Gasteiger charge is 2.06. The Kier molecular flexibility index (Phi) is 5.43. The summed E-state index contributed by atoms with van der Waals surface area (Å²) in [5.41, 5.74) is 1.78. The van der Waals surface area contributed by atoms with Crippen molar-refractivity contribution in [1.82, 2.24) is 5.43 Å². The molecule has 0 saturated heterocycles. The molecule has 2 rings (SSSR count). The lowest BCUT2D eigenvalue weighted by Crippen LogP contribution is -2.24. The van der Waals surface area contributed by atoms with Crippen LogP contribution in [0.2, 0.25) is 5.02 Å². The minimum Gasteiger partial charge on any atom is -0.484 e. The van der Waals surface area contributed by atoms with Crippen molar-refractivity contribution in [3.63, 3.8) is 0 Å². The third kappa shape index (κ3) is 4.53. The number of ether oxygens (including phenoxy) is 1. The molecule has 2 aromatic carbocycles. The minimum atomic E-state index is -0.768. The standard InChI is InChI=1S/C15H11ClF2N2O2/c16-10-4-6-11(7-5-10)22-9-15(21)20-19-8-12-13(17)2-1-3-14(12)18/h1-8H,9H2,(H,20,21)/b19-8-. The summed E-state index contributed by atoms with van der Waals surface area (Å²) in [4.78, 5) is 11.5. The molecule has 2 aromatic rings. The Balaban J connectivity index is 1.85. The Morgan fingerprint density at radius 1 is 1.18 bits per heavy atom. The number of benzene rings is 2. The molecule has 0 spiro atoms. The van der Waals surface area contributed by atoms with Crippen molar-refractivity contribution in [3.8, 4) is 5.75 Å². The van der Waals surface area contributed by atoms with Gasteiger partial charge in [-0.15, -0.1) is 0 Å². The number of halogens is 3. The van der Waals surface area contributed by atoms with E-state index in [1.807, 2.05) is 0 Å². The van der Waals surface area contributed by atoms with E-state index in [0.717, 1.165) is 18.3 Å². The zero-order valence-electron chi connectivity index (χ0n) is 11.2. The predicted octanol–water partition coefficient (Wildman–Crippen LogP) is 3.15. The lowest BCUT2D eigenvalue weighted by molar-refractivity contribution is -0.123. The number of hydrogen-bond donors (Lipinski definition) is 1. The number of carbonyl (C=O) groups excluding carboxylic acids is 1. The zero-order valence-corrected chi connectivity index (χ0v) is 12.0. The summed E-state index contributed by atoms with van der Waals surface area (Å²) in [6.07, 6.45) is 0.894. The van der Waals surface area contributed by atoms with Crippen molar-refractivity contribution < 1.29 is 18.3 Å². The number of hydrogen-bond acceptors (Lipinski definition) is 3. The van der Waals surface area contributed by atoms with Crippen LogP contribution in [0.4, 0.5) is 8.78 Å². The van der Waals surface area contributed by atoms with Gasteiger partial charge in [0, 0.05) is 5.02 Å². The van der Waals surface area contributed by atoms with E-state index in [4.69, 9.17) is 16.3 Å². The highest BCUT2D eigenvalue weighted by Crippen LogP contribution is 2.15. The van der Waals surface area contributed by atoms with Crippen LogP contribution in [0, 0.1) is 11.6 Å². The fraction of sp³-hybridized carbons (Fsp3) is 0.0667. The number of rotatable bonds is 5. The van der Waals surface area contributed by atoms with Crippen molar-refractivity contribution in [2.75, 3.05) is 6.61 Å². The average molecular weight is 325 g/mol. The second-order valence-corrected chi connectivity index (χ2v) is 4.61. The molecule has 22 heavy (non-hydrogen) atoms. The third-order valence-corrected chi connectivity index (χ3v) is 2.82. The molecule has 0 radical (unpaired) electrons. The maximum absolute atomic E-state index is 13.3. The Hall–Kier alpha value is -2.47. The summed E-state index contributed by atoms with van der Waals surface area (Å²) in [5, 5.41) is 4.03. The SMILES string of the molecule is O=C(COc1ccc(Cl)cc1)N/N=C\c1c(F)cccc1F. The van der Waals surface area contributed by atoms with E-state index < -0.39 is 17.5 Å². The number of nitrogens with one attached hydrogen (secondary N) is 1. The van der Waals surface area contributed by atoms with E-state index in [1.165, 1.54) is 6.07 Å². The third-order valence-electron chi connectivity index (χ3n) is 2.57. The van der Waals surface area contributed by atoms with Gasteiger partial charge in [0.05, 0.1) is 11.8 Å². The van der Waals surface area contributed by atoms with Gasteiger partial charge in [0.2, 0.25) is 0 Å². The van der Waals surface area contributed by atoms with Crippen molar-refractivity contribution in [1.29, 1.82) is 0 Å². The maximum Gasteiger partial charge on any atom is 0.277 e. The summed E-state index contributed by atoms with van der Waals surface area (Å²) in [6, 6.07) is 9.87. The van der Waals surface area contributed by atoms with Crippen LogP contribution in [0.5, 0.6) is 5.75 Å². The van der Waals surface area contributed by atoms with Gasteiger partial charge in [0.25, 0.3) is 5.91 Å². The Morgan fingerprint density at radius 3 is 2.45 bits per heavy atom. The van der Waals surface area contributed by atoms with Crippen LogP contribution in [-0.2, 0) is 4.79 Å². The Labute approximate surface area is 130 Å². The molecule has 4 nitrogen and oxygen atoms in total. The molecule has 0 atom stereocenters. The van der Waals surface area contributed by atoms with E-state index in [9.17, 15) is 13.6 Å². The van der Waals surface area contributed by atoms with Gasteiger partial charge in [-0.25, -0.2) is 14.2 Å². The molecule has 0 bridgehead atoms. The van der Waals surface area contributed by atoms with Crippen LogP contribution in [-0.4, -0.2) is 18.7 Å². The Morgan fingerprint density at radius 2 is 1.82 bits per heavy atom. The number of hydrazone groups is 1. The molecule has 1 amide bonds. The molecular weight excluding hydrogens is 314 g/mol. The summed E-state index contributed by atoms with van der Waals surface area (Å²) < 4.78 is 31.8. The van der Waals surface area contributed by atoms with Gasteiger partial charge in [0.1, 0.15) is 17.4 Å². The van der Waals surface area contributed by atoms with Gasteiger partial charge in [0.15, 0.2) is 6.61 Å². The molecule has 0 aliphatic rings. The number of nitrogens with zero attached hydrogens (tertiary/aromatic N) is 1. The molecule has 0 aliphatic heterocycles. The van der Waals surface area contributed by atoms with Gasteiger partial charge in [-0.1, -0.05) is 17.7 Å². The quantitative estimate of drug-likeness (QED) is 0.678. The first-order chi connectivity index (χ1) is 10.6. The first-order valence-corrected chi connectivity index (χ1v) is 6.58. The number of carbonyl (C=O) groups is 1. The van der Waals surface area contributed by atoms with Crippen molar-refractivity contribution >= 4 is 23.7 Å². The molecule has 1 N–H and O–H groups in total. The molecule has 7 heteroatoms. The van der Waals surface area contributed by atoms with Crippen molar-refractivity contribution in [2.24, 2.45) is 5.10 Å². The van der Waals surface area contributed by atoms with Crippen LogP contribution in [0.25, 0.3) is 0 Å². The van der Waals surface area contributed by atoms with Crippen LogP contribution in [0.1, 0.15) is 5.56 Å². The molecule has 0 heterocycles. The summed E-state index contributed by atoms with van der Waals surface area (Å²) in [7, 11) is 0. The van der Waals surface area contributed by atoms with Crippen LogP contribution in [0.3, 0.4) is 0 Å². The molecule has 114 valence electrons. The maximum atomic E-state index is 13.3. The minimum absolute atomic E-state index is 0.293. The van der Waals surface area contributed by atoms with Crippen molar-refractivity contribution in [3.05, 3.63) is 64.7 Å². The molecular formula is C15H11ClF2N2O2. The van der Waals surface area contributed by atoms with Crippen LogP contribution < -0.4 is 10.2 Å². The Bertz CT molecular complexity index is 670. The van der Waals surface area contributed by atoms with Crippen LogP contribution >= 0.6 is 11.6 Å². The van der Waals surface area contributed by atoms with Gasteiger partial charge < -0.3 is 4.74 Å². The summed E-state index contributed by atoms with van der Waals surface area (Å²) >= 11 is 5.71. The highest BCUT2D eigenvalue weighted by molar-refractivity contribution is 6.30. The monoisotopic (exact) mass is 324 g/mol. The van der Waals surface area contributed by atoms with E-state index in [2.05, 4.69) is 10.5 Å². The molecule has 0 fully saturated rings. The summed E-state index contributed by atoms with van der Waals surface area (Å²) in [5.74, 6) is -1.64. The highest BCUT2D eigenvalue weighted by atomic mass is 35.5. The first-order valence-electron chi connectivity index (χ1n) is 6.20. The molecule has 0 unspecified atom stereocenters. The predicted molar refractivity (Wildman–Crippen MR) is 79.0 cm³/mol. The zero-order chi connectivity index (χ0) is 15.9. The number of amides is 1. The average Bonchev–Trinajstić information content (AvgIpc) is 2.50. The van der Waals surface area contributed by atoms with Gasteiger partial charge in [-0.3, -0.25) is 4.79 Å². The van der Waals surface area contributed by atoms with Crippen LogP contribution in [0.15, 0.2) is 47.6 Å². The van der Waals surface area contributed by atoms with Gasteiger partial charge in [-0.05, 0) is 36.4 Å². The smallest absolute Gasteiger partial charge is 0.277 e. The van der Waals surface area contributed by atoms with Crippen molar-refractivity contribution in [2.45, 2.75) is 0 Å². The largest absolute Gasteiger partial charge is 0.484 e. The fourth-order valence-corrected chi connectivity index (χ4v) is 1.64. The van der Waals surface area contributed by atoms with E-state index in [1.54, 1.807) is 24.3 Å². The lowest BCUT2D eigenvalue weighted by Gasteiger charge is -2.04. The summed E-state index contributed by atoms with van der Waals surface area (Å²) in [6.45, 7) is -0.293. The fourth-order valence-electron chi connectivity index (χ4n) is 1.51. The molecule has 0 aliphatic carbocycles. The molecule has 0 aromatic heterocycles. The second kappa shape index (κ2) is 7.51. The van der Waals surface area contributed by atoms with E-state index in [-0.39, 0.29) is 12.2 Å². The lowest BCUT2D eigenvalue weighted by atomic mass is 10.2.